The third-order valence-corrected chi connectivity index (χ3v) is 3.35. The highest BCUT2D eigenvalue weighted by Gasteiger charge is 2.13. The van der Waals surface area contributed by atoms with Crippen molar-refractivity contribution >= 4 is 46.9 Å². The predicted octanol–water partition coefficient (Wildman–Crippen LogP) is 2.80. The van der Waals surface area contributed by atoms with Gasteiger partial charge < -0.3 is 15.2 Å². The van der Waals surface area contributed by atoms with Crippen molar-refractivity contribution < 1.29 is 19.4 Å². The molecule has 0 bridgehead atoms. The van der Waals surface area contributed by atoms with Gasteiger partial charge in [0.1, 0.15) is 0 Å². The lowest BCUT2D eigenvalue weighted by Crippen LogP contribution is -2.32. The van der Waals surface area contributed by atoms with Crippen LogP contribution in [0.2, 0.25) is 10.0 Å². The molecule has 3 N–H and O–H groups in total. The number of amides is 2. The molecule has 0 saturated heterocycles. The molecule has 0 aliphatic heterocycles. The highest BCUT2D eigenvalue weighted by molar-refractivity contribution is 6.40. The van der Waals surface area contributed by atoms with E-state index < -0.39 is 11.8 Å². The van der Waals surface area contributed by atoms with Gasteiger partial charge in [-0.05, 0) is 42.0 Å². The Hall–Kier alpha value is -2.77. The van der Waals surface area contributed by atoms with Gasteiger partial charge >= 0.3 is 11.8 Å². The van der Waals surface area contributed by atoms with Crippen LogP contribution >= 0.6 is 23.2 Å². The zero-order valence-electron chi connectivity index (χ0n) is 12.9. The molecule has 0 unspecified atom stereocenters. The summed E-state index contributed by atoms with van der Waals surface area (Å²) in [5.74, 6) is -1.68. The van der Waals surface area contributed by atoms with Crippen molar-refractivity contribution in [2.24, 2.45) is 5.10 Å². The van der Waals surface area contributed by atoms with E-state index in [2.05, 4.69) is 15.8 Å². The number of phenolic OH excluding ortho intramolecular Hbond substituents is 1. The van der Waals surface area contributed by atoms with E-state index in [9.17, 15) is 14.7 Å². The number of benzene rings is 2. The number of rotatable bonds is 4. The number of nitrogens with one attached hydrogen (secondary N) is 2. The summed E-state index contributed by atoms with van der Waals surface area (Å²) < 4.78 is 4.95. The molecule has 0 aliphatic carbocycles. The van der Waals surface area contributed by atoms with Crippen LogP contribution in [-0.4, -0.2) is 30.2 Å². The molecule has 25 heavy (non-hydrogen) atoms. The molecule has 0 radical (unpaired) electrons. The summed E-state index contributed by atoms with van der Waals surface area (Å²) in [6, 6.07) is 8.88. The lowest BCUT2D eigenvalue weighted by molar-refractivity contribution is -0.136. The maximum absolute atomic E-state index is 11.8. The molecular formula is C16H13Cl2N3O4. The molecule has 2 aromatic rings. The molecule has 0 heterocycles. The monoisotopic (exact) mass is 381 g/mol. The lowest BCUT2D eigenvalue weighted by Gasteiger charge is -2.05. The van der Waals surface area contributed by atoms with Gasteiger partial charge in [-0.1, -0.05) is 23.2 Å². The first-order valence-electron chi connectivity index (χ1n) is 6.86. The Kier molecular flexibility index (Phi) is 6.21. The number of hydrogen-bond donors (Lipinski definition) is 3. The molecule has 0 aromatic heterocycles. The Morgan fingerprint density at radius 1 is 1.12 bits per heavy atom. The summed E-state index contributed by atoms with van der Waals surface area (Å²) in [5, 5.41) is 16.2. The SMILES string of the molecule is COc1cc(/C=N/NC(=O)C(=O)Nc2cc(Cl)cc(Cl)c2)ccc1O. The number of anilines is 1. The number of ether oxygens (including phenoxy) is 1. The largest absolute Gasteiger partial charge is 0.504 e. The number of hydrazone groups is 1. The van der Waals surface area contributed by atoms with E-state index in [4.69, 9.17) is 27.9 Å². The van der Waals surface area contributed by atoms with Gasteiger partial charge in [-0.15, -0.1) is 0 Å². The van der Waals surface area contributed by atoms with E-state index in [1.54, 1.807) is 6.07 Å². The summed E-state index contributed by atoms with van der Waals surface area (Å²) in [4.78, 5) is 23.5. The van der Waals surface area contributed by atoms with Gasteiger partial charge in [0, 0.05) is 15.7 Å². The molecule has 7 nitrogen and oxygen atoms in total. The molecule has 0 spiro atoms. The van der Waals surface area contributed by atoms with Crippen molar-refractivity contribution in [3.63, 3.8) is 0 Å². The molecule has 0 fully saturated rings. The lowest BCUT2D eigenvalue weighted by atomic mass is 10.2. The van der Waals surface area contributed by atoms with Crippen LogP contribution in [0.3, 0.4) is 0 Å². The number of methoxy groups -OCH3 is 1. The normalized spacial score (nSPS) is 10.5. The number of nitrogens with zero attached hydrogens (tertiary/aromatic N) is 1. The number of carbonyl (C=O) groups is 2. The first kappa shape index (κ1) is 18.6. The smallest absolute Gasteiger partial charge is 0.329 e. The van der Waals surface area contributed by atoms with Crippen molar-refractivity contribution in [2.45, 2.75) is 0 Å². The van der Waals surface area contributed by atoms with Crippen LogP contribution < -0.4 is 15.5 Å². The minimum atomic E-state index is -0.974. The molecule has 0 saturated carbocycles. The first-order chi connectivity index (χ1) is 11.9. The summed E-state index contributed by atoms with van der Waals surface area (Å²) >= 11 is 11.6. The highest BCUT2D eigenvalue weighted by atomic mass is 35.5. The molecule has 2 aromatic carbocycles. The fourth-order valence-electron chi connectivity index (χ4n) is 1.80. The Labute approximate surface area is 153 Å². The standard InChI is InChI=1S/C16H13Cl2N3O4/c1-25-14-4-9(2-3-13(14)22)8-19-21-16(24)15(23)20-12-6-10(17)5-11(18)7-12/h2-8,22H,1H3,(H,20,23)(H,21,24)/b19-8+. The van der Waals surface area contributed by atoms with Gasteiger partial charge in [-0.3, -0.25) is 9.59 Å². The maximum atomic E-state index is 11.8. The molecule has 9 heteroatoms. The van der Waals surface area contributed by atoms with Crippen molar-refractivity contribution in [3.8, 4) is 11.5 Å². The van der Waals surface area contributed by atoms with E-state index in [0.717, 1.165) is 0 Å². The van der Waals surface area contributed by atoms with Crippen LogP contribution in [0.4, 0.5) is 5.69 Å². The zero-order chi connectivity index (χ0) is 18.4. The second kappa shape index (κ2) is 8.36. The molecular weight excluding hydrogens is 369 g/mol. The molecule has 0 atom stereocenters. The van der Waals surface area contributed by atoms with Gasteiger partial charge in [0.15, 0.2) is 11.5 Å². The van der Waals surface area contributed by atoms with Crippen molar-refractivity contribution in [1.82, 2.24) is 5.43 Å². The van der Waals surface area contributed by atoms with E-state index in [-0.39, 0.29) is 17.2 Å². The number of halogens is 2. The molecule has 2 amide bonds. The quantitative estimate of drug-likeness (QED) is 0.430. The van der Waals surface area contributed by atoms with Crippen LogP contribution in [0.25, 0.3) is 0 Å². The van der Waals surface area contributed by atoms with E-state index >= 15 is 0 Å². The minimum Gasteiger partial charge on any atom is -0.504 e. The Bertz CT molecular complexity index is 820. The second-order valence-corrected chi connectivity index (χ2v) is 5.62. The number of carbonyl (C=O) groups excluding carboxylic acids is 2. The average molecular weight is 382 g/mol. The predicted molar refractivity (Wildman–Crippen MR) is 95.5 cm³/mol. The fraction of sp³-hybridized carbons (Fsp3) is 0.0625. The summed E-state index contributed by atoms with van der Waals surface area (Å²) in [6.45, 7) is 0. The van der Waals surface area contributed by atoms with Crippen molar-refractivity contribution in [1.29, 1.82) is 0 Å². The van der Waals surface area contributed by atoms with E-state index in [0.29, 0.717) is 15.6 Å². The summed E-state index contributed by atoms with van der Waals surface area (Å²) in [6.07, 6.45) is 1.30. The van der Waals surface area contributed by atoms with Gasteiger partial charge in [0.2, 0.25) is 0 Å². The fourth-order valence-corrected chi connectivity index (χ4v) is 2.33. The topological polar surface area (TPSA) is 100 Å². The van der Waals surface area contributed by atoms with Gasteiger partial charge in [0.25, 0.3) is 0 Å². The summed E-state index contributed by atoms with van der Waals surface area (Å²) in [7, 11) is 1.41. The third kappa shape index (κ3) is 5.37. The van der Waals surface area contributed by atoms with Crippen LogP contribution in [0.1, 0.15) is 5.56 Å². The number of phenols is 1. The molecule has 0 aliphatic rings. The van der Waals surface area contributed by atoms with Crippen LogP contribution in [0.5, 0.6) is 11.5 Å². The number of hydrogen-bond acceptors (Lipinski definition) is 5. The highest BCUT2D eigenvalue weighted by Crippen LogP contribution is 2.25. The average Bonchev–Trinajstić information content (AvgIpc) is 2.55. The third-order valence-electron chi connectivity index (χ3n) is 2.91. The molecule has 130 valence electrons. The Morgan fingerprint density at radius 3 is 2.44 bits per heavy atom. The minimum absolute atomic E-state index is 0.0248. The molecule has 2 rings (SSSR count). The van der Waals surface area contributed by atoms with Gasteiger partial charge in [-0.25, -0.2) is 5.43 Å². The van der Waals surface area contributed by atoms with Crippen LogP contribution in [0.15, 0.2) is 41.5 Å². The Balaban J connectivity index is 1.96. The van der Waals surface area contributed by atoms with Crippen LogP contribution in [0, 0.1) is 0 Å². The van der Waals surface area contributed by atoms with Crippen molar-refractivity contribution in [2.75, 3.05) is 12.4 Å². The zero-order valence-corrected chi connectivity index (χ0v) is 14.4. The van der Waals surface area contributed by atoms with E-state index in [1.807, 2.05) is 0 Å². The van der Waals surface area contributed by atoms with E-state index in [1.165, 1.54) is 43.7 Å². The second-order valence-electron chi connectivity index (χ2n) is 4.74. The summed E-state index contributed by atoms with van der Waals surface area (Å²) in [5.41, 5.74) is 2.92. The van der Waals surface area contributed by atoms with Gasteiger partial charge in [0.05, 0.1) is 13.3 Å². The van der Waals surface area contributed by atoms with Crippen LogP contribution in [-0.2, 0) is 9.59 Å². The maximum Gasteiger partial charge on any atom is 0.329 e. The Morgan fingerprint density at radius 2 is 1.80 bits per heavy atom. The number of aromatic hydroxyl groups is 1. The van der Waals surface area contributed by atoms with Crippen molar-refractivity contribution in [3.05, 3.63) is 52.0 Å². The van der Waals surface area contributed by atoms with Gasteiger partial charge in [-0.2, -0.15) is 5.10 Å². The first-order valence-corrected chi connectivity index (χ1v) is 7.62.